The molecule has 0 atom stereocenters. The molecular formula is C31H21N3. The van der Waals surface area contributed by atoms with Gasteiger partial charge in [-0.25, -0.2) is 0 Å². The Hall–Kier alpha value is -4.68. The number of benzene rings is 4. The fourth-order valence-corrected chi connectivity index (χ4v) is 4.79. The van der Waals surface area contributed by atoms with Crippen LogP contribution in [0.1, 0.15) is 11.1 Å². The van der Waals surface area contributed by atoms with Crippen LogP contribution in [-0.4, -0.2) is 9.55 Å². The van der Waals surface area contributed by atoms with E-state index in [1.165, 1.54) is 27.5 Å². The van der Waals surface area contributed by atoms with Crippen molar-refractivity contribution in [2.24, 2.45) is 0 Å². The van der Waals surface area contributed by atoms with Crippen LogP contribution >= 0.6 is 0 Å². The maximum atomic E-state index is 9.76. The van der Waals surface area contributed by atoms with Crippen LogP contribution in [0.5, 0.6) is 0 Å². The lowest BCUT2D eigenvalue weighted by atomic mass is 10.00. The lowest BCUT2D eigenvalue weighted by molar-refractivity contribution is 1.18. The average Bonchev–Trinajstić information content (AvgIpc) is 3.22. The number of aryl methyl sites for hydroxylation is 1. The maximum absolute atomic E-state index is 9.76. The maximum Gasteiger partial charge on any atom is 0.0998 e. The van der Waals surface area contributed by atoms with Gasteiger partial charge in [-0.05, 0) is 66.1 Å². The first-order chi connectivity index (χ1) is 16.7. The van der Waals surface area contributed by atoms with Crippen molar-refractivity contribution in [2.75, 3.05) is 0 Å². The predicted octanol–water partition coefficient (Wildman–Crippen LogP) is 7.69. The third kappa shape index (κ3) is 3.25. The number of nitriles is 1. The van der Waals surface area contributed by atoms with E-state index in [0.29, 0.717) is 5.56 Å². The quantitative estimate of drug-likeness (QED) is 0.286. The van der Waals surface area contributed by atoms with Crippen LogP contribution in [0, 0.1) is 18.3 Å². The van der Waals surface area contributed by atoms with Gasteiger partial charge in [0.25, 0.3) is 0 Å². The van der Waals surface area contributed by atoms with E-state index < -0.39 is 0 Å². The minimum Gasteiger partial charge on any atom is -0.309 e. The lowest BCUT2D eigenvalue weighted by Crippen LogP contribution is -1.96. The van der Waals surface area contributed by atoms with Crippen molar-refractivity contribution in [3.63, 3.8) is 0 Å². The molecule has 0 saturated carbocycles. The third-order valence-corrected chi connectivity index (χ3v) is 6.40. The van der Waals surface area contributed by atoms with Crippen LogP contribution in [0.4, 0.5) is 0 Å². The topological polar surface area (TPSA) is 41.6 Å². The van der Waals surface area contributed by atoms with Crippen LogP contribution in [0.15, 0.2) is 109 Å². The van der Waals surface area contributed by atoms with Crippen molar-refractivity contribution in [3.8, 4) is 34.0 Å². The summed E-state index contributed by atoms with van der Waals surface area (Å²) in [6, 6.07) is 36.1. The Morgan fingerprint density at radius 1 is 0.676 bits per heavy atom. The van der Waals surface area contributed by atoms with Crippen molar-refractivity contribution in [2.45, 2.75) is 6.92 Å². The Morgan fingerprint density at radius 3 is 2.29 bits per heavy atom. The largest absolute Gasteiger partial charge is 0.309 e. The number of rotatable bonds is 3. The molecule has 0 aliphatic carbocycles. The Bertz CT molecular complexity index is 1720. The van der Waals surface area contributed by atoms with Crippen LogP contribution in [0.25, 0.3) is 49.7 Å². The Kier molecular flexibility index (Phi) is 4.71. The molecule has 34 heavy (non-hydrogen) atoms. The monoisotopic (exact) mass is 435 g/mol. The first-order valence-electron chi connectivity index (χ1n) is 11.3. The molecule has 2 aromatic heterocycles. The molecule has 0 radical (unpaired) electrons. The molecule has 0 bridgehead atoms. The molecule has 0 N–H and O–H groups in total. The van der Waals surface area contributed by atoms with E-state index in [1.54, 1.807) is 12.4 Å². The molecule has 0 aliphatic rings. The second kappa shape index (κ2) is 8.03. The summed E-state index contributed by atoms with van der Waals surface area (Å²) in [6.07, 6.45) is 3.52. The van der Waals surface area contributed by atoms with E-state index in [9.17, 15) is 5.26 Å². The van der Waals surface area contributed by atoms with Crippen LogP contribution in [0.2, 0.25) is 0 Å². The highest BCUT2D eigenvalue weighted by molar-refractivity contribution is 6.10. The van der Waals surface area contributed by atoms with Gasteiger partial charge in [-0.15, -0.1) is 0 Å². The van der Waals surface area contributed by atoms with Crippen molar-refractivity contribution >= 4 is 21.8 Å². The molecule has 6 rings (SSSR count). The summed E-state index contributed by atoms with van der Waals surface area (Å²) in [4.78, 5) is 4.14. The van der Waals surface area contributed by atoms with Crippen molar-refractivity contribution in [1.82, 2.24) is 9.55 Å². The molecule has 160 valence electrons. The van der Waals surface area contributed by atoms with Gasteiger partial charge in [-0.2, -0.15) is 5.26 Å². The SMILES string of the molecule is Cc1cccc(-c2ccc3c4ccccc4n(-c4ccc(C#N)c(-c5ccncc5)c4)c3c2)c1. The van der Waals surface area contributed by atoms with Crippen LogP contribution in [0.3, 0.4) is 0 Å². The van der Waals surface area contributed by atoms with Gasteiger partial charge < -0.3 is 4.57 Å². The number of aromatic nitrogens is 2. The number of hydrogen-bond donors (Lipinski definition) is 0. The molecule has 0 fully saturated rings. The van der Waals surface area contributed by atoms with Gasteiger partial charge in [0.2, 0.25) is 0 Å². The summed E-state index contributed by atoms with van der Waals surface area (Å²) in [5.41, 5.74) is 9.48. The summed E-state index contributed by atoms with van der Waals surface area (Å²) in [5, 5.41) is 12.2. The van der Waals surface area contributed by atoms with Crippen molar-refractivity contribution < 1.29 is 0 Å². The summed E-state index contributed by atoms with van der Waals surface area (Å²) in [7, 11) is 0. The zero-order valence-corrected chi connectivity index (χ0v) is 18.7. The van der Waals surface area contributed by atoms with Gasteiger partial charge in [-0.3, -0.25) is 4.98 Å². The Morgan fingerprint density at radius 2 is 1.47 bits per heavy atom. The van der Waals surface area contributed by atoms with Crippen LogP contribution in [-0.2, 0) is 0 Å². The second-order valence-electron chi connectivity index (χ2n) is 8.53. The average molecular weight is 436 g/mol. The van der Waals surface area contributed by atoms with E-state index in [0.717, 1.165) is 27.8 Å². The minimum absolute atomic E-state index is 0.649. The Labute approximate surface area is 198 Å². The van der Waals surface area contributed by atoms with Crippen molar-refractivity contribution in [3.05, 3.63) is 121 Å². The number of para-hydroxylation sites is 1. The van der Waals surface area contributed by atoms with Gasteiger partial charge in [0.1, 0.15) is 0 Å². The van der Waals surface area contributed by atoms with E-state index in [1.807, 2.05) is 24.3 Å². The highest BCUT2D eigenvalue weighted by atomic mass is 15.0. The number of hydrogen-bond acceptors (Lipinski definition) is 2. The zero-order valence-electron chi connectivity index (χ0n) is 18.7. The first-order valence-corrected chi connectivity index (χ1v) is 11.3. The number of nitrogens with zero attached hydrogens (tertiary/aromatic N) is 3. The zero-order chi connectivity index (χ0) is 23.1. The predicted molar refractivity (Wildman–Crippen MR) is 139 cm³/mol. The van der Waals surface area contributed by atoms with E-state index in [2.05, 4.69) is 95.3 Å². The fourth-order valence-electron chi connectivity index (χ4n) is 4.79. The fraction of sp³-hybridized carbons (Fsp3) is 0.0323. The summed E-state index contributed by atoms with van der Waals surface area (Å²) in [6.45, 7) is 2.12. The minimum atomic E-state index is 0.649. The van der Waals surface area contributed by atoms with Gasteiger partial charge in [-0.1, -0.05) is 60.2 Å². The lowest BCUT2D eigenvalue weighted by Gasteiger charge is -2.12. The molecule has 3 heteroatoms. The van der Waals surface area contributed by atoms with Gasteiger partial charge >= 0.3 is 0 Å². The molecule has 2 heterocycles. The van der Waals surface area contributed by atoms with E-state index in [-0.39, 0.29) is 0 Å². The van der Waals surface area contributed by atoms with Crippen molar-refractivity contribution in [1.29, 1.82) is 5.26 Å². The molecule has 4 aromatic carbocycles. The molecule has 0 spiro atoms. The molecule has 0 amide bonds. The number of fused-ring (bicyclic) bond motifs is 3. The number of pyridine rings is 1. The third-order valence-electron chi connectivity index (χ3n) is 6.40. The van der Waals surface area contributed by atoms with Crippen LogP contribution < -0.4 is 0 Å². The van der Waals surface area contributed by atoms with Gasteiger partial charge in [0, 0.05) is 34.4 Å². The Balaban J connectivity index is 1.65. The highest BCUT2D eigenvalue weighted by Crippen LogP contribution is 2.36. The van der Waals surface area contributed by atoms with Gasteiger partial charge in [0.05, 0.1) is 22.7 Å². The molecule has 0 unspecified atom stereocenters. The smallest absolute Gasteiger partial charge is 0.0998 e. The normalized spacial score (nSPS) is 11.1. The van der Waals surface area contributed by atoms with Gasteiger partial charge in [0.15, 0.2) is 0 Å². The van der Waals surface area contributed by atoms with E-state index >= 15 is 0 Å². The molecule has 6 aromatic rings. The van der Waals surface area contributed by atoms with E-state index in [4.69, 9.17) is 0 Å². The first kappa shape index (κ1) is 20.0. The molecule has 3 nitrogen and oxygen atoms in total. The molecule has 0 aliphatic heterocycles. The summed E-state index contributed by atoms with van der Waals surface area (Å²) in [5.74, 6) is 0. The summed E-state index contributed by atoms with van der Waals surface area (Å²) < 4.78 is 2.30. The highest BCUT2D eigenvalue weighted by Gasteiger charge is 2.15. The second-order valence-corrected chi connectivity index (χ2v) is 8.53. The molecular weight excluding hydrogens is 414 g/mol. The standard InChI is InChI=1S/C31H21N3/c1-21-5-4-6-23(17-21)24-10-12-28-27-7-2-3-8-30(27)34(31(28)18-24)26-11-9-25(20-32)29(19-26)22-13-15-33-16-14-22/h2-19H,1H3. The molecule has 0 saturated heterocycles. The summed E-state index contributed by atoms with van der Waals surface area (Å²) >= 11 is 0.